The van der Waals surface area contributed by atoms with Gasteiger partial charge in [-0.25, -0.2) is 4.99 Å². The van der Waals surface area contributed by atoms with Gasteiger partial charge in [-0.1, -0.05) is 97.1 Å². The summed E-state index contributed by atoms with van der Waals surface area (Å²) in [5.74, 6) is 0.793. The van der Waals surface area contributed by atoms with Crippen LogP contribution in [0.4, 0.5) is 0 Å². The molecule has 7 aromatic rings. The Morgan fingerprint density at radius 1 is 0.632 bits per heavy atom. The molecule has 1 aliphatic rings. The Bertz CT molecular complexity index is 2050. The zero-order valence-electron chi connectivity index (χ0n) is 20.5. The number of fused-ring (bicyclic) bond motifs is 7. The Balaban J connectivity index is 1.41. The summed E-state index contributed by atoms with van der Waals surface area (Å²) in [7, 11) is 0. The van der Waals surface area contributed by atoms with Crippen LogP contribution in [0.25, 0.3) is 49.4 Å². The molecule has 38 heavy (non-hydrogen) atoms. The molecule has 1 atom stereocenters. The van der Waals surface area contributed by atoms with Gasteiger partial charge in [0.1, 0.15) is 11.2 Å². The van der Waals surface area contributed by atoms with E-state index in [4.69, 9.17) is 9.41 Å². The zero-order valence-corrected chi connectivity index (χ0v) is 20.5. The lowest BCUT2D eigenvalue weighted by molar-refractivity contribution is 0.673. The van der Waals surface area contributed by atoms with Gasteiger partial charge in [-0.05, 0) is 41.5 Å². The van der Waals surface area contributed by atoms with Crippen molar-refractivity contribution < 1.29 is 4.42 Å². The first kappa shape index (κ1) is 21.0. The van der Waals surface area contributed by atoms with Gasteiger partial charge in [-0.2, -0.15) is 0 Å². The molecule has 3 heterocycles. The summed E-state index contributed by atoms with van der Waals surface area (Å²) in [6.45, 7) is 0. The fourth-order valence-electron chi connectivity index (χ4n) is 5.71. The molecule has 0 saturated carbocycles. The average molecular weight is 490 g/mol. The monoisotopic (exact) mass is 489 g/mol. The molecule has 1 unspecified atom stereocenters. The number of nitrogens with zero attached hydrogens (tertiary/aromatic N) is 2. The van der Waals surface area contributed by atoms with Crippen molar-refractivity contribution in [1.29, 1.82) is 0 Å². The van der Waals surface area contributed by atoms with Gasteiger partial charge in [0.2, 0.25) is 5.96 Å². The van der Waals surface area contributed by atoms with Gasteiger partial charge in [0.15, 0.2) is 0 Å². The molecule has 1 aliphatic heterocycles. The fraction of sp³-hybridized carbons (Fsp3) is 0.0294. The van der Waals surface area contributed by atoms with Crippen molar-refractivity contribution in [1.82, 2.24) is 9.88 Å². The zero-order chi connectivity index (χ0) is 25.1. The Morgan fingerprint density at radius 2 is 1.34 bits per heavy atom. The summed E-state index contributed by atoms with van der Waals surface area (Å²) in [5.41, 5.74) is 7.28. The fourth-order valence-corrected chi connectivity index (χ4v) is 5.71. The third kappa shape index (κ3) is 3.14. The summed E-state index contributed by atoms with van der Waals surface area (Å²) in [5, 5.41) is 8.18. The van der Waals surface area contributed by atoms with Crippen LogP contribution in [0, 0.1) is 0 Å². The molecule has 0 fully saturated rings. The Morgan fingerprint density at radius 3 is 2.18 bits per heavy atom. The van der Waals surface area contributed by atoms with E-state index in [0.29, 0.717) is 0 Å². The highest BCUT2D eigenvalue weighted by Gasteiger charge is 2.24. The van der Waals surface area contributed by atoms with E-state index < -0.39 is 0 Å². The second-order valence-corrected chi connectivity index (χ2v) is 9.67. The van der Waals surface area contributed by atoms with Crippen molar-refractivity contribution in [3.05, 3.63) is 139 Å². The molecule has 4 heteroatoms. The molecule has 0 bridgehead atoms. The van der Waals surface area contributed by atoms with Crippen molar-refractivity contribution >= 4 is 55.4 Å². The van der Waals surface area contributed by atoms with Crippen molar-refractivity contribution in [2.75, 3.05) is 0 Å². The summed E-state index contributed by atoms with van der Waals surface area (Å²) >= 11 is 0. The normalized spacial score (nSPS) is 15.6. The van der Waals surface area contributed by atoms with Crippen molar-refractivity contribution in [2.24, 2.45) is 4.99 Å². The molecule has 0 amide bonds. The van der Waals surface area contributed by atoms with E-state index in [0.717, 1.165) is 66.5 Å². The second kappa shape index (κ2) is 8.22. The van der Waals surface area contributed by atoms with Crippen LogP contribution in [-0.4, -0.2) is 10.5 Å². The first-order valence-corrected chi connectivity index (χ1v) is 12.9. The summed E-state index contributed by atoms with van der Waals surface area (Å²) < 4.78 is 8.71. The van der Waals surface area contributed by atoms with Crippen molar-refractivity contribution in [2.45, 2.75) is 6.04 Å². The highest BCUT2D eigenvalue weighted by Crippen LogP contribution is 2.39. The molecule has 2 aromatic heterocycles. The van der Waals surface area contributed by atoms with E-state index in [1.54, 1.807) is 0 Å². The van der Waals surface area contributed by atoms with Gasteiger partial charge in [0.05, 0.1) is 22.5 Å². The highest BCUT2D eigenvalue weighted by molar-refractivity contribution is 6.25. The van der Waals surface area contributed by atoms with Gasteiger partial charge in [0.25, 0.3) is 0 Å². The number of aliphatic imine (C=N–C) groups is 1. The SMILES string of the molecule is C1=C(c2ccccc2)NC(n2c3ccccc3c3c4oc5ccccc5c4ccc32)=NC1c1ccccc1. The Hall–Kier alpha value is -5.09. The van der Waals surface area contributed by atoms with E-state index in [1.165, 1.54) is 0 Å². The number of nitrogens with one attached hydrogen (secondary N) is 1. The van der Waals surface area contributed by atoms with Gasteiger partial charge in [-0.15, -0.1) is 0 Å². The maximum Gasteiger partial charge on any atom is 0.208 e. The van der Waals surface area contributed by atoms with Crippen molar-refractivity contribution in [3.63, 3.8) is 0 Å². The van der Waals surface area contributed by atoms with Crippen LogP contribution in [0.15, 0.2) is 137 Å². The maximum absolute atomic E-state index is 6.47. The highest BCUT2D eigenvalue weighted by atomic mass is 16.3. The topological polar surface area (TPSA) is 42.5 Å². The minimum atomic E-state index is -0.117. The number of para-hydroxylation sites is 2. The molecule has 0 saturated heterocycles. The predicted octanol–water partition coefficient (Wildman–Crippen LogP) is 8.28. The van der Waals surface area contributed by atoms with Crippen LogP contribution in [-0.2, 0) is 0 Å². The van der Waals surface area contributed by atoms with E-state index in [2.05, 4.69) is 113 Å². The van der Waals surface area contributed by atoms with E-state index >= 15 is 0 Å². The Kier molecular flexibility index (Phi) is 4.55. The molecule has 180 valence electrons. The molecular formula is C34H23N3O. The average Bonchev–Trinajstić information content (AvgIpc) is 3.53. The molecular weight excluding hydrogens is 466 g/mol. The molecule has 5 aromatic carbocycles. The summed E-state index contributed by atoms with van der Waals surface area (Å²) in [6, 6.07) is 41.9. The third-order valence-corrected chi connectivity index (χ3v) is 7.45. The lowest BCUT2D eigenvalue weighted by Gasteiger charge is -2.24. The van der Waals surface area contributed by atoms with Crippen LogP contribution >= 0.6 is 0 Å². The van der Waals surface area contributed by atoms with Gasteiger partial charge < -0.3 is 9.73 Å². The largest absolute Gasteiger partial charge is 0.455 e. The lowest BCUT2D eigenvalue weighted by Crippen LogP contribution is -2.32. The Labute approximate surface area is 219 Å². The minimum absolute atomic E-state index is 0.117. The summed E-state index contributed by atoms with van der Waals surface area (Å²) in [4.78, 5) is 5.25. The van der Waals surface area contributed by atoms with E-state index in [1.807, 2.05) is 24.3 Å². The number of rotatable bonds is 2. The van der Waals surface area contributed by atoms with Crippen LogP contribution in [0.2, 0.25) is 0 Å². The third-order valence-electron chi connectivity index (χ3n) is 7.45. The molecule has 4 nitrogen and oxygen atoms in total. The molecule has 0 spiro atoms. The van der Waals surface area contributed by atoms with Crippen LogP contribution < -0.4 is 5.32 Å². The quantitative estimate of drug-likeness (QED) is 0.265. The smallest absolute Gasteiger partial charge is 0.208 e. The van der Waals surface area contributed by atoms with Gasteiger partial charge >= 0.3 is 0 Å². The number of hydrogen-bond donors (Lipinski definition) is 1. The van der Waals surface area contributed by atoms with E-state index in [-0.39, 0.29) is 6.04 Å². The van der Waals surface area contributed by atoms with Crippen LogP contribution in [0.5, 0.6) is 0 Å². The minimum Gasteiger partial charge on any atom is -0.455 e. The van der Waals surface area contributed by atoms with Crippen molar-refractivity contribution in [3.8, 4) is 0 Å². The lowest BCUT2D eigenvalue weighted by atomic mass is 10.0. The number of furan rings is 1. The predicted molar refractivity (Wildman–Crippen MR) is 156 cm³/mol. The molecule has 1 N–H and O–H groups in total. The second-order valence-electron chi connectivity index (χ2n) is 9.67. The molecule has 8 rings (SSSR count). The number of aromatic nitrogens is 1. The van der Waals surface area contributed by atoms with Gasteiger partial charge in [-0.3, -0.25) is 4.57 Å². The first-order valence-electron chi connectivity index (χ1n) is 12.9. The van der Waals surface area contributed by atoms with Crippen LogP contribution in [0.3, 0.4) is 0 Å². The molecule has 0 aliphatic carbocycles. The molecule has 0 radical (unpaired) electrons. The first-order chi connectivity index (χ1) is 18.8. The summed E-state index contributed by atoms with van der Waals surface area (Å²) in [6.07, 6.45) is 2.21. The standard InChI is InChI=1S/C34H23N3O/c1-3-11-22(12-4-1)27-21-28(23-13-5-2-6-14-23)36-34(35-27)37-29-17-9-7-16-26(29)32-30(37)20-19-25-24-15-8-10-18-31(24)38-33(25)32/h1-21,27H,(H,35,36). The number of benzene rings is 5. The van der Waals surface area contributed by atoms with E-state index in [9.17, 15) is 0 Å². The van der Waals surface area contributed by atoms with Crippen LogP contribution in [0.1, 0.15) is 17.2 Å². The van der Waals surface area contributed by atoms with Gasteiger partial charge in [0, 0.05) is 21.9 Å². The number of hydrogen-bond acceptors (Lipinski definition) is 3. The maximum atomic E-state index is 6.47.